The molecule has 0 aromatic rings. The average Bonchev–Trinajstić information content (AvgIpc) is 3.31. The van der Waals surface area contributed by atoms with Gasteiger partial charge in [-0.25, -0.2) is 4.79 Å². The molecule has 3 aliphatic heterocycles. The van der Waals surface area contributed by atoms with Crippen molar-refractivity contribution in [2.75, 3.05) is 13.1 Å². The lowest BCUT2D eigenvalue weighted by atomic mass is 9.49. The van der Waals surface area contributed by atoms with Crippen LogP contribution >= 0.6 is 0 Å². The molecular formula is C37H59NO12. The molecular weight excluding hydrogens is 650 g/mol. The van der Waals surface area contributed by atoms with Crippen LogP contribution in [0.25, 0.3) is 0 Å². The number of aliphatic hydroxyl groups is 7. The van der Waals surface area contributed by atoms with Crippen molar-refractivity contribution in [3.63, 3.8) is 0 Å². The highest BCUT2D eigenvalue weighted by molar-refractivity contribution is 5.79. The molecule has 0 amide bonds. The van der Waals surface area contributed by atoms with E-state index < -0.39 is 112 Å². The summed E-state index contributed by atoms with van der Waals surface area (Å²) in [7, 11) is 0. The maximum absolute atomic E-state index is 13.5. The maximum Gasteiger partial charge on any atom is 0.341 e. The number of hydrogen-bond donors (Lipinski definition) is 7. The standard InChI is InChI=1S/C37H59NO12/c1-8-18(3)30(42)49-29-27(41)26-20(16-38-15-17(2)9-10-24(38)34(26,7)45)21-14-35-28(36(21,29)46)22(40)13-23-32(35,5)12-11-25(37(23,47)50-35)48-31(43)33(6,44)19(4)39/h17-29,39-41,44-47H,8-16H2,1-7H3/t17-,18-,19+,20+,21-,22+,23+,24+,25+,26-,27+,28-,29-,32-,33+,34+,35+,36-,37-/m0/s1. The van der Waals surface area contributed by atoms with Crippen molar-refractivity contribution < 1.29 is 59.5 Å². The molecule has 3 saturated heterocycles. The highest BCUT2D eigenvalue weighted by atomic mass is 16.7. The third kappa shape index (κ3) is 4.57. The van der Waals surface area contributed by atoms with Crippen LogP contribution in [0.4, 0.5) is 0 Å². The van der Waals surface area contributed by atoms with Gasteiger partial charge in [-0.2, -0.15) is 0 Å². The Morgan fingerprint density at radius 2 is 1.74 bits per heavy atom. The summed E-state index contributed by atoms with van der Waals surface area (Å²) in [5.74, 6) is -7.78. The van der Waals surface area contributed by atoms with Crippen molar-refractivity contribution in [1.82, 2.24) is 4.90 Å². The Balaban J connectivity index is 1.34. The number of esters is 2. The molecule has 3 heterocycles. The summed E-state index contributed by atoms with van der Waals surface area (Å²) in [4.78, 5) is 28.9. The van der Waals surface area contributed by atoms with E-state index in [1.807, 2.05) is 13.8 Å². The molecule has 0 radical (unpaired) electrons. The van der Waals surface area contributed by atoms with Gasteiger partial charge in [-0.15, -0.1) is 0 Å². The van der Waals surface area contributed by atoms with Crippen molar-refractivity contribution >= 4 is 11.9 Å². The van der Waals surface area contributed by atoms with E-state index in [0.717, 1.165) is 26.3 Å². The molecule has 4 bridgehead atoms. The molecule has 50 heavy (non-hydrogen) atoms. The molecule has 7 fully saturated rings. The Hall–Kier alpha value is -1.42. The van der Waals surface area contributed by atoms with Crippen molar-refractivity contribution in [2.45, 2.75) is 158 Å². The van der Waals surface area contributed by atoms with Crippen molar-refractivity contribution in [3.8, 4) is 0 Å². The quantitative estimate of drug-likeness (QED) is 0.188. The molecule has 7 N–H and O–H groups in total. The Morgan fingerprint density at radius 1 is 1.06 bits per heavy atom. The van der Waals surface area contributed by atoms with Crippen molar-refractivity contribution in [1.29, 1.82) is 0 Å². The number of ether oxygens (including phenoxy) is 3. The predicted molar refractivity (Wildman–Crippen MR) is 176 cm³/mol. The topological polar surface area (TPSA) is 207 Å². The third-order valence-corrected chi connectivity index (χ3v) is 15.5. The lowest BCUT2D eigenvalue weighted by Crippen LogP contribution is -2.77. The summed E-state index contributed by atoms with van der Waals surface area (Å²) in [6, 6.07) is -0.238. The van der Waals surface area contributed by atoms with Gasteiger partial charge in [0.15, 0.2) is 17.8 Å². The maximum atomic E-state index is 13.5. The van der Waals surface area contributed by atoms with Crippen LogP contribution < -0.4 is 0 Å². The van der Waals surface area contributed by atoms with Crippen molar-refractivity contribution in [3.05, 3.63) is 0 Å². The van der Waals surface area contributed by atoms with Gasteiger partial charge in [0.25, 0.3) is 0 Å². The van der Waals surface area contributed by atoms with E-state index in [0.29, 0.717) is 25.3 Å². The van der Waals surface area contributed by atoms with E-state index >= 15 is 0 Å². The molecule has 19 atom stereocenters. The summed E-state index contributed by atoms with van der Waals surface area (Å²) in [5, 5.41) is 83.5. The van der Waals surface area contributed by atoms with Gasteiger partial charge in [0, 0.05) is 42.3 Å². The summed E-state index contributed by atoms with van der Waals surface area (Å²) < 4.78 is 18.7. The molecule has 0 unspecified atom stereocenters. The van der Waals surface area contributed by atoms with Crippen molar-refractivity contribution in [2.24, 2.45) is 46.8 Å². The molecule has 0 aromatic carbocycles. The predicted octanol–water partition coefficient (Wildman–Crippen LogP) is 0.466. The monoisotopic (exact) mass is 709 g/mol. The summed E-state index contributed by atoms with van der Waals surface area (Å²) in [6.07, 6.45) is -4.15. The molecule has 13 heteroatoms. The highest BCUT2D eigenvalue weighted by Gasteiger charge is 2.87. The zero-order chi connectivity index (χ0) is 36.7. The van der Waals surface area contributed by atoms with Gasteiger partial charge < -0.3 is 50.0 Å². The van der Waals surface area contributed by atoms with Gasteiger partial charge in [-0.05, 0) is 83.5 Å². The smallest absolute Gasteiger partial charge is 0.341 e. The first-order valence-corrected chi connectivity index (χ1v) is 18.9. The number of rotatable bonds is 6. The first-order chi connectivity index (χ1) is 23.1. The Kier molecular flexibility index (Phi) is 8.52. The average molecular weight is 710 g/mol. The minimum Gasteiger partial charge on any atom is -0.456 e. The van der Waals surface area contributed by atoms with Crippen LogP contribution in [0.15, 0.2) is 0 Å². The summed E-state index contributed by atoms with van der Waals surface area (Å²) >= 11 is 0. The van der Waals surface area contributed by atoms with Crippen LogP contribution in [0.1, 0.15) is 93.4 Å². The Bertz CT molecular complexity index is 1390. The lowest BCUT2D eigenvalue weighted by Gasteiger charge is -2.64. The van der Waals surface area contributed by atoms with Gasteiger partial charge in [-0.3, -0.25) is 9.69 Å². The number of carbonyl (C=O) groups excluding carboxylic acids is 2. The van der Waals surface area contributed by atoms with Crippen LogP contribution in [0, 0.1) is 46.8 Å². The molecule has 7 aliphatic rings. The second kappa shape index (κ2) is 11.5. The summed E-state index contributed by atoms with van der Waals surface area (Å²) in [5.41, 5.74) is -7.89. The fourth-order valence-electron chi connectivity index (χ4n) is 12.5. The first-order valence-electron chi connectivity index (χ1n) is 18.9. The highest BCUT2D eigenvalue weighted by Crippen LogP contribution is 2.77. The van der Waals surface area contributed by atoms with Gasteiger partial charge in [-0.1, -0.05) is 27.7 Å². The second-order valence-electron chi connectivity index (χ2n) is 18.2. The minimum absolute atomic E-state index is 0.0328. The van der Waals surface area contributed by atoms with Gasteiger partial charge >= 0.3 is 11.9 Å². The van der Waals surface area contributed by atoms with Gasteiger partial charge in [0.1, 0.15) is 5.60 Å². The van der Waals surface area contributed by atoms with E-state index in [2.05, 4.69) is 11.8 Å². The van der Waals surface area contributed by atoms with E-state index in [1.54, 1.807) is 13.8 Å². The number of aliphatic hydroxyl groups excluding tert-OH is 3. The fraction of sp³-hybridized carbons (Fsp3) is 0.946. The largest absolute Gasteiger partial charge is 0.456 e. The van der Waals surface area contributed by atoms with E-state index in [4.69, 9.17) is 14.2 Å². The second-order valence-corrected chi connectivity index (χ2v) is 18.2. The molecule has 0 aromatic heterocycles. The SMILES string of the molecule is CC[C@H](C)C(=O)O[C@H]1[C@H](O)[C@@H]2[C@H](CN3C[C@@H](C)CC[C@@H]3[C@@]2(C)O)[C@@H]2C[C@]34O[C@]5(O)[C@H](OC(=O)[C@](C)(O)[C@@H](C)O)CC[C@@]3(C)[C@H]5C[C@@H](O)[C@@H]4[C@@]21O. The lowest BCUT2D eigenvalue weighted by molar-refractivity contribution is -0.300. The zero-order valence-corrected chi connectivity index (χ0v) is 30.5. The number of nitrogens with zero attached hydrogens (tertiary/aromatic N) is 1. The first kappa shape index (κ1) is 36.9. The van der Waals surface area contributed by atoms with Crippen LogP contribution in [0.3, 0.4) is 0 Å². The van der Waals surface area contributed by atoms with E-state index in [9.17, 15) is 45.3 Å². The minimum atomic E-state index is -2.25. The van der Waals surface area contributed by atoms with Crippen LogP contribution in [0.5, 0.6) is 0 Å². The number of carbonyl (C=O) groups is 2. The Labute approximate surface area is 294 Å². The number of hydrogen-bond acceptors (Lipinski definition) is 13. The Morgan fingerprint density at radius 3 is 2.38 bits per heavy atom. The molecule has 4 aliphatic carbocycles. The van der Waals surface area contributed by atoms with Gasteiger partial charge in [0.05, 0.1) is 35.4 Å². The number of fused-ring (bicyclic) bond motifs is 5. The molecule has 7 rings (SSSR count). The molecule has 4 saturated carbocycles. The molecule has 1 spiro atoms. The van der Waals surface area contributed by atoms with Gasteiger partial charge in [0.2, 0.25) is 5.79 Å². The molecule has 284 valence electrons. The van der Waals surface area contributed by atoms with Crippen LogP contribution in [-0.2, 0) is 23.8 Å². The zero-order valence-electron chi connectivity index (χ0n) is 30.5. The van der Waals surface area contributed by atoms with E-state index in [-0.39, 0.29) is 25.3 Å². The van der Waals surface area contributed by atoms with Crippen LogP contribution in [-0.4, -0.2) is 130 Å². The normalized spacial score (nSPS) is 54.6. The number of piperidine rings is 2. The van der Waals surface area contributed by atoms with E-state index in [1.165, 1.54) is 6.92 Å². The third-order valence-electron chi connectivity index (χ3n) is 15.5. The molecule has 13 nitrogen and oxygen atoms in total. The summed E-state index contributed by atoms with van der Waals surface area (Å²) in [6.45, 7) is 13.1. The van der Waals surface area contributed by atoms with Crippen LogP contribution in [0.2, 0.25) is 0 Å². The fourth-order valence-corrected chi connectivity index (χ4v) is 12.5.